The fourth-order valence-electron chi connectivity index (χ4n) is 1.34. The van der Waals surface area contributed by atoms with Crippen LogP contribution in [0.15, 0.2) is 0 Å². The molecule has 1 aliphatic rings. The molecular formula is C7H12N2O4. The molecule has 1 fully saturated rings. The third kappa shape index (κ3) is 1.50. The fourth-order valence-corrected chi connectivity index (χ4v) is 1.34. The number of nitrogens with zero attached hydrogens (tertiary/aromatic N) is 1. The molecule has 2 unspecified atom stereocenters. The van der Waals surface area contributed by atoms with Crippen molar-refractivity contribution in [3.63, 3.8) is 0 Å². The van der Waals surface area contributed by atoms with Crippen molar-refractivity contribution >= 4 is 11.9 Å². The third-order valence-electron chi connectivity index (χ3n) is 2.10. The van der Waals surface area contributed by atoms with Gasteiger partial charge in [0.25, 0.3) is 5.91 Å². The van der Waals surface area contributed by atoms with E-state index in [9.17, 15) is 14.7 Å². The van der Waals surface area contributed by atoms with Gasteiger partial charge in [-0.25, -0.2) is 4.79 Å². The number of amides is 3. The predicted molar refractivity (Wildman–Crippen MR) is 42.8 cm³/mol. The molecule has 0 spiro atoms. The zero-order valence-corrected chi connectivity index (χ0v) is 7.44. The number of nitrogens with one attached hydrogen (secondary N) is 1. The molecule has 1 saturated heterocycles. The van der Waals surface area contributed by atoms with Crippen LogP contribution in [0, 0.1) is 0 Å². The van der Waals surface area contributed by atoms with E-state index in [4.69, 9.17) is 5.11 Å². The van der Waals surface area contributed by atoms with Crippen molar-refractivity contribution in [1.29, 1.82) is 0 Å². The Balaban J connectivity index is 2.92. The molecule has 6 heteroatoms. The Morgan fingerprint density at radius 2 is 2.15 bits per heavy atom. The van der Waals surface area contributed by atoms with Gasteiger partial charge < -0.3 is 15.1 Å². The van der Waals surface area contributed by atoms with Crippen molar-refractivity contribution in [3.8, 4) is 0 Å². The average molecular weight is 188 g/mol. The number of rotatable bonds is 2. The first-order chi connectivity index (χ1) is 5.90. The summed E-state index contributed by atoms with van der Waals surface area (Å²) in [5.74, 6) is -0.591. The van der Waals surface area contributed by atoms with Gasteiger partial charge in [-0.05, 0) is 6.92 Å². The minimum atomic E-state index is -1.61. The van der Waals surface area contributed by atoms with Crippen molar-refractivity contribution in [1.82, 2.24) is 10.2 Å². The third-order valence-corrected chi connectivity index (χ3v) is 2.10. The molecule has 3 amide bonds. The maximum Gasteiger partial charge on any atom is 0.324 e. The minimum absolute atomic E-state index is 0.566. The van der Waals surface area contributed by atoms with Crippen molar-refractivity contribution in [2.24, 2.45) is 0 Å². The summed E-state index contributed by atoms with van der Waals surface area (Å²) in [6, 6.07) is -1.59. The van der Waals surface area contributed by atoms with E-state index < -0.39 is 30.2 Å². The summed E-state index contributed by atoms with van der Waals surface area (Å²) in [5.41, 5.74) is -1.61. The molecule has 3 N–H and O–H groups in total. The smallest absolute Gasteiger partial charge is 0.324 e. The Morgan fingerprint density at radius 1 is 1.62 bits per heavy atom. The Labute approximate surface area is 75.1 Å². The van der Waals surface area contributed by atoms with Gasteiger partial charge in [-0.15, -0.1) is 0 Å². The number of carbonyl (C=O) groups is 2. The van der Waals surface area contributed by atoms with E-state index in [1.54, 1.807) is 0 Å². The Kier molecular flexibility index (Phi) is 2.27. The van der Waals surface area contributed by atoms with Crippen LogP contribution in [-0.4, -0.2) is 52.3 Å². The van der Waals surface area contributed by atoms with Gasteiger partial charge in [0.05, 0.1) is 6.61 Å². The van der Waals surface area contributed by atoms with Gasteiger partial charge in [0, 0.05) is 7.05 Å². The fraction of sp³-hybridized carbons (Fsp3) is 0.714. The highest BCUT2D eigenvalue weighted by Gasteiger charge is 2.47. The van der Waals surface area contributed by atoms with Crippen LogP contribution < -0.4 is 5.32 Å². The summed E-state index contributed by atoms with van der Waals surface area (Å²) < 4.78 is 0. The second kappa shape index (κ2) is 2.97. The summed E-state index contributed by atoms with van der Waals surface area (Å²) in [4.78, 5) is 23.2. The molecule has 0 aromatic carbocycles. The number of urea groups is 1. The Bertz CT molecular complexity index is 251. The lowest BCUT2D eigenvalue weighted by molar-refractivity contribution is -0.131. The van der Waals surface area contributed by atoms with E-state index in [0.29, 0.717) is 0 Å². The highest BCUT2D eigenvalue weighted by molar-refractivity contribution is 6.04. The van der Waals surface area contributed by atoms with Gasteiger partial charge >= 0.3 is 6.03 Å². The normalized spacial score (nSPS) is 27.4. The number of aliphatic hydroxyl groups is 2. The van der Waals surface area contributed by atoms with Crippen molar-refractivity contribution in [3.05, 3.63) is 0 Å². The molecule has 13 heavy (non-hydrogen) atoms. The number of aliphatic hydroxyl groups excluding tert-OH is 1. The lowest BCUT2D eigenvalue weighted by atomic mass is 9.97. The zero-order valence-electron chi connectivity index (χ0n) is 7.44. The Hall–Kier alpha value is -1.14. The largest absolute Gasteiger partial charge is 0.393 e. The predicted octanol–water partition coefficient (Wildman–Crippen LogP) is -1.72. The van der Waals surface area contributed by atoms with E-state index in [1.165, 1.54) is 14.0 Å². The lowest BCUT2D eigenvalue weighted by Gasteiger charge is -2.29. The molecule has 6 nitrogen and oxygen atoms in total. The quantitative estimate of drug-likeness (QED) is 0.450. The van der Waals surface area contributed by atoms with E-state index in [0.717, 1.165) is 4.90 Å². The van der Waals surface area contributed by atoms with Crippen molar-refractivity contribution in [2.45, 2.75) is 18.6 Å². The highest BCUT2D eigenvalue weighted by Crippen LogP contribution is 2.18. The van der Waals surface area contributed by atoms with Crippen LogP contribution in [0.2, 0.25) is 0 Å². The molecule has 0 aromatic rings. The molecule has 0 saturated carbocycles. The maximum atomic E-state index is 11.2. The molecule has 1 heterocycles. The van der Waals surface area contributed by atoms with Gasteiger partial charge in [0.2, 0.25) is 0 Å². The summed E-state index contributed by atoms with van der Waals surface area (Å²) >= 11 is 0. The van der Waals surface area contributed by atoms with Gasteiger partial charge in [-0.1, -0.05) is 0 Å². The number of imide groups is 1. The highest BCUT2D eigenvalue weighted by atomic mass is 16.3. The second-order valence-electron chi connectivity index (χ2n) is 3.32. The standard InChI is InChI=1S/C7H12N2O4/c1-7(13,3-10)4-5(11)8-6(12)9(4)2/h4,10,13H,3H2,1-2H3,(H,8,11,12). The number of carbonyl (C=O) groups excluding carboxylic acids is 2. The molecule has 0 aliphatic carbocycles. The van der Waals surface area contributed by atoms with Crippen LogP contribution in [0.1, 0.15) is 6.92 Å². The maximum absolute atomic E-state index is 11.2. The molecule has 2 atom stereocenters. The molecule has 1 rings (SSSR count). The van der Waals surface area contributed by atoms with Crippen LogP contribution in [0.3, 0.4) is 0 Å². The van der Waals surface area contributed by atoms with Crippen LogP contribution in [0.25, 0.3) is 0 Å². The van der Waals surface area contributed by atoms with Gasteiger partial charge in [0.15, 0.2) is 0 Å². The van der Waals surface area contributed by atoms with Crippen LogP contribution >= 0.6 is 0 Å². The zero-order chi connectivity index (χ0) is 10.2. The van der Waals surface area contributed by atoms with Crippen molar-refractivity contribution < 1.29 is 19.8 Å². The van der Waals surface area contributed by atoms with Crippen LogP contribution in [0.5, 0.6) is 0 Å². The number of hydrogen-bond acceptors (Lipinski definition) is 4. The van der Waals surface area contributed by atoms with Gasteiger partial charge in [-0.2, -0.15) is 0 Å². The second-order valence-corrected chi connectivity index (χ2v) is 3.32. The summed E-state index contributed by atoms with van der Waals surface area (Å²) in [7, 11) is 1.38. The van der Waals surface area contributed by atoms with E-state index >= 15 is 0 Å². The molecule has 0 bridgehead atoms. The first-order valence-electron chi connectivity index (χ1n) is 3.81. The van der Waals surface area contributed by atoms with Crippen LogP contribution in [0.4, 0.5) is 4.79 Å². The summed E-state index contributed by atoms with van der Waals surface area (Å²) in [6.07, 6.45) is 0. The molecule has 0 aromatic heterocycles. The van der Waals surface area contributed by atoms with E-state index in [1.807, 2.05) is 5.32 Å². The molecule has 1 aliphatic heterocycles. The van der Waals surface area contributed by atoms with Crippen molar-refractivity contribution in [2.75, 3.05) is 13.7 Å². The molecule has 74 valence electrons. The van der Waals surface area contributed by atoms with Gasteiger partial charge in [0.1, 0.15) is 11.6 Å². The first kappa shape index (κ1) is 9.94. The van der Waals surface area contributed by atoms with E-state index in [-0.39, 0.29) is 0 Å². The molecular weight excluding hydrogens is 176 g/mol. The summed E-state index contributed by atoms with van der Waals surface area (Å²) in [5, 5.41) is 20.4. The number of likely N-dealkylation sites (N-methyl/N-ethyl adjacent to an activating group) is 1. The monoisotopic (exact) mass is 188 g/mol. The van der Waals surface area contributed by atoms with E-state index in [2.05, 4.69) is 0 Å². The SMILES string of the molecule is CN1C(=O)NC(=O)C1C(C)(O)CO. The van der Waals surface area contributed by atoms with Crippen LogP contribution in [-0.2, 0) is 4.79 Å². The average Bonchev–Trinajstić information content (AvgIpc) is 2.27. The number of hydrogen-bond donors (Lipinski definition) is 3. The first-order valence-corrected chi connectivity index (χ1v) is 3.81. The minimum Gasteiger partial charge on any atom is -0.393 e. The lowest BCUT2D eigenvalue weighted by Crippen LogP contribution is -2.52. The summed E-state index contributed by atoms with van der Waals surface area (Å²) in [6.45, 7) is 0.717. The topological polar surface area (TPSA) is 89.9 Å². The molecule has 0 radical (unpaired) electrons. The Morgan fingerprint density at radius 3 is 2.46 bits per heavy atom. The van der Waals surface area contributed by atoms with Gasteiger partial charge in [-0.3, -0.25) is 10.1 Å².